The highest BCUT2D eigenvalue weighted by molar-refractivity contribution is 7.32. The predicted molar refractivity (Wildman–Crippen MR) is 62.1 cm³/mol. The summed E-state index contributed by atoms with van der Waals surface area (Å²) in [5.41, 5.74) is 1.78. The van der Waals surface area contributed by atoms with E-state index in [1.165, 1.54) is 6.92 Å². The van der Waals surface area contributed by atoms with Crippen LogP contribution in [-0.2, 0) is 9.09 Å². The van der Waals surface area contributed by atoms with Gasteiger partial charge in [-0.15, -0.1) is 0 Å². The van der Waals surface area contributed by atoms with Crippen LogP contribution in [0.25, 0.3) is 5.57 Å². The molecule has 1 atom stereocenters. The molecule has 0 spiro atoms. The quantitative estimate of drug-likeness (QED) is 0.846. The first-order valence-corrected chi connectivity index (χ1v) is 6.13. The Kier molecular flexibility index (Phi) is 4.57. The van der Waals surface area contributed by atoms with E-state index in [0.29, 0.717) is 11.6 Å². The minimum atomic E-state index is -3.74. The van der Waals surface area contributed by atoms with Crippen molar-refractivity contribution in [1.82, 2.24) is 0 Å². The number of halogens is 2. The second kappa shape index (κ2) is 5.54. The highest BCUT2D eigenvalue weighted by Gasteiger charge is 2.29. The van der Waals surface area contributed by atoms with Gasteiger partial charge in [-0.25, -0.2) is 4.52 Å². The number of hydrogen-bond acceptors (Lipinski definition) is 2. The SMILES string of the molecule is CC(=CC(F)(F)O[PH](=O)O)c1ccccc1C. The van der Waals surface area contributed by atoms with Crippen molar-refractivity contribution >= 4 is 13.8 Å². The standard InChI is InChI=1S/C11H13F2O3P/c1-8-5-3-4-6-10(8)9(2)7-11(12,13)16-17(14)15/h3-7,17H,1-2H3,(H,14,15). The zero-order chi connectivity index (χ0) is 13.1. The Bertz CT molecular complexity index is 458. The minimum Gasteiger partial charge on any atom is -0.326 e. The summed E-state index contributed by atoms with van der Waals surface area (Å²) in [7, 11) is -3.67. The van der Waals surface area contributed by atoms with Gasteiger partial charge in [0.25, 0.3) is 0 Å². The zero-order valence-corrected chi connectivity index (χ0v) is 10.4. The molecule has 0 aromatic heterocycles. The van der Waals surface area contributed by atoms with E-state index >= 15 is 0 Å². The fourth-order valence-corrected chi connectivity index (χ4v) is 1.78. The Morgan fingerprint density at radius 2 is 2.06 bits per heavy atom. The Morgan fingerprint density at radius 1 is 1.47 bits per heavy atom. The molecule has 3 nitrogen and oxygen atoms in total. The molecule has 0 aliphatic heterocycles. The summed E-state index contributed by atoms with van der Waals surface area (Å²) in [6, 6.07) is 7.01. The van der Waals surface area contributed by atoms with Crippen molar-refractivity contribution in [2.24, 2.45) is 0 Å². The van der Waals surface area contributed by atoms with Crippen LogP contribution in [-0.4, -0.2) is 11.0 Å². The number of alkyl halides is 2. The summed E-state index contributed by atoms with van der Waals surface area (Å²) in [6.07, 6.45) is -3.20. The number of hydrogen-bond donors (Lipinski definition) is 1. The first-order chi connectivity index (χ1) is 7.82. The van der Waals surface area contributed by atoms with Gasteiger partial charge in [-0.1, -0.05) is 24.3 Å². The van der Waals surface area contributed by atoms with Crippen LogP contribution in [0.1, 0.15) is 18.1 Å². The third-order valence-electron chi connectivity index (χ3n) is 2.18. The number of benzene rings is 1. The van der Waals surface area contributed by atoms with E-state index in [1.54, 1.807) is 31.2 Å². The van der Waals surface area contributed by atoms with Gasteiger partial charge in [0.1, 0.15) is 0 Å². The molecule has 1 rings (SSSR count). The average Bonchev–Trinajstić information content (AvgIpc) is 2.14. The van der Waals surface area contributed by atoms with Gasteiger partial charge in [-0.2, -0.15) is 8.78 Å². The van der Waals surface area contributed by atoms with Crippen LogP contribution in [0.5, 0.6) is 0 Å². The van der Waals surface area contributed by atoms with E-state index in [0.717, 1.165) is 5.56 Å². The highest BCUT2D eigenvalue weighted by atomic mass is 31.1. The molecule has 0 aliphatic carbocycles. The molecular weight excluding hydrogens is 249 g/mol. The molecule has 17 heavy (non-hydrogen) atoms. The molecule has 0 heterocycles. The highest BCUT2D eigenvalue weighted by Crippen LogP contribution is 2.32. The topological polar surface area (TPSA) is 46.5 Å². The molecule has 0 saturated carbocycles. The molecule has 6 heteroatoms. The molecule has 94 valence electrons. The van der Waals surface area contributed by atoms with E-state index in [4.69, 9.17) is 4.89 Å². The number of rotatable bonds is 4. The van der Waals surface area contributed by atoms with Gasteiger partial charge in [-0.3, -0.25) is 4.57 Å². The van der Waals surface area contributed by atoms with Crippen LogP contribution in [0.4, 0.5) is 8.78 Å². The molecule has 0 bridgehead atoms. The van der Waals surface area contributed by atoms with Gasteiger partial charge in [0.15, 0.2) is 0 Å². The molecule has 1 N–H and O–H groups in total. The summed E-state index contributed by atoms with van der Waals surface area (Å²) in [5.74, 6) is 0. The summed E-state index contributed by atoms with van der Waals surface area (Å²) in [5, 5.41) is 0. The van der Waals surface area contributed by atoms with E-state index in [9.17, 15) is 13.3 Å². The van der Waals surface area contributed by atoms with Crippen molar-refractivity contribution in [3.05, 3.63) is 41.5 Å². The monoisotopic (exact) mass is 262 g/mol. The van der Waals surface area contributed by atoms with E-state index < -0.39 is 14.4 Å². The maximum absolute atomic E-state index is 13.1. The van der Waals surface area contributed by atoms with Gasteiger partial charge in [0.2, 0.25) is 0 Å². The van der Waals surface area contributed by atoms with Crippen LogP contribution in [0.3, 0.4) is 0 Å². The lowest BCUT2D eigenvalue weighted by atomic mass is 10.0. The summed E-state index contributed by atoms with van der Waals surface area (Å²) in [6.45, 7) is 3.29. The van der Waals surface area contributed by atoms with Crippen LogP contribution in [0.2, 0.25) is 0 Å². The molecule has 0 fully saturated rings. The van der Waals surface area contributed by atoms with Crippen LogP contribution in [0.15, 0.2) is 30.3 Å². The first-order valence-electron chi connectivity index (χ1n) is 4.87. The Balaban J connectivity index is 3.00. The molecule has 1 aromatic rings. The smallest absolute Gasteiger partial charge is 0.326 e. The van der Waals surface area contributed by atoms with Crippen LogP contribution in [0, 0.1) is 6.92 Å². The Morgan fingerprint density at radius 3 is 2.59 bits per heavy atom. The van der Waals surface area contributed by atoms with Crippen LogP contribution >= 0.6 is 8.25 Å². The Labute approximate surface area is 98.7 Å². The third-order valence-corrected chi connectivity index (χ3v) is 2.62. The fourth-order valence-electron chi connectivity index (χ4n) is 1.49. The fraction of sp³-hybridized carbons (Fsp3) is 0.273. The van der Waals surface area contributed by atoms with Crippen molar-refractivity contribution in [3.8, 4) is 0 Å². The van der Waals surface area contributed by atoms with Gasteiger partial charge in [-0.05, 0) is 30.5 Å². The minimum absolute atomic E-state index is 0.288. The second-order valence-corrected chi connectivity index (χ2v) is 4.31. The first kappa shape index (κ1) is 14.0. The van der Waals surface area contributed by atoms with Gasteiger partial charge >= 0.3 is 14.4 Å². The largest absolute Gasteiger partial charge is 0.383 e. The Hall–Kier alpha value is -1.03. The lowest BCUT2D eigenvalue weighted by Gasteiger charge is -2.12. The van der Waals surface area contributed by atoms with Gasteiger partial charge in [0, 0.05) is 6.08 Å². The van der Waals surface area contributed by atoms with Crippen molar-refractivity contribution in [3.63, 3.8) is 0 Å². The van der Waals surface area contributed by atoms with Gasteiger partial charge in [0.05, 0.1) is 0 Å². The lowest BCUT2D eigenvalue weighted by Crippen LogP contribution is -2.13. The van der Waals surface area contributed by atoms with Crippen molar-refractivity contribution in [2.45, 2.75) is 20.0 Å². The zero-order valence-electron chi connectivity index (χ0n) is 9.41. The number of allylic oxidation sites excluding steroid dienone is 1. The molecule has 0 saturated heterocycles. The van der Waals surface area contributed by atoms with E-state index in [-0.39, 0.29) is 5.57 Å². The van der Waals surface area contributed by atoms with Crippen LogP contribution < -0.4 is 0 Å². The third kappa shape index (κ3) is 4.38. The van der Waals surface area contributed by atoms with E-state index in [1.807, 2.05) is 0 Å². The van der Waals surface area contributed by atoms with Gasteiger partial charge < -0.3 is 4.89 Å². The molecular formula is C11H13F2O3P. The van der Waals surface area contributed by atoms with Crippen molar-refractivity contribution in [1.29, 1.82) is 0 Å². The molecule has 0 radical (unpaired) electrons. The van der Waals surface area contributed by atoms with Crippen molar-refractivity contribution in [2.75, 3.05) is 0 Å². The average molecular weight is 262 g/mol. The lowest BCUT2D eigenvalue weighted by molar-refractivity contribution is -0.131. The molecule has 1 aromatic carbocycles. The molecule has 0 aliphatic rings. The molecule has 0 amide bonds. The summed E-state index contributed by atoms with van der Waals surface area (Å²) >= 11 is 0. The predicted octanol–water partition coefficient (Wildman–Crippen LogP) is 3.39. The second-order valence-electron chi connectivity index (χ2n) is 3.57. The van der Waals surface area contributed by atoms with E-state index in [2.05, 4.69) is 4.52 Å². The maximum atomic E-state index is 13.1. The maximum Gasteiger partial charge on any atom is 0.383 e. The number of aryl methyl sites for hydroxylation is 1. The van der Waals surface area contributed by atoms with Crippen molar-refractivity contribution < 1.29 is 22.8 Å². The summed E-state index contributed by atoms with van der Waals surface area (Å²) in [4.78, 5) is 8.34. The molecule has 1 unspecified atom stereocenters. The summed E-state index contributed by atoms with van der Waals surface area (Å²) < 4.78 is 40.1. The normalized spacial score (nSPS) is 14.8.